The van der Waals surface area contributed by atoms with E-state index in [9.17, 15) is 18.0 Å². The molecule has 0 aliphatic rings. The molecule has 0 bridgehead atoms. The normalized spacial score (nSPS) is 14.3. The van der Waals surface area contributed by atoms with Crippen molar-refractivity contribution in [2.24, 2.45) is 5.41 Å². The SMILES string of the molecule is COC(C(=O)c1cccc(C(F)(F)F)c1)C(C)(C)C. The maximum Gasteiger partial charge on any atom is 0.416 e. The van der Waals surface area contributed by atoms with Crippen LogP contribution in [0.5, 0.6) is 0 Å². The van der Waals surface area contributed by atoms with Gasteiger partial charge >= 0.3 is 6.18 Å². The third kappa shape index (κ3) is 3.80. The number of Topliss-reactive ketones (excluding diaryl/α,β-unsaturated/α-hetero) is 1. The topological polar surface area (TPSA) is 26.3 Å². The highest BCUT2D eigenvalue weighted by molar-refractivity contribution is 6.00. The molecule has 5 heteroatoms. The van der Waals surface area contributed by atoms with Gasteiger partial charge in [-0.15, -0.1) is 0 Å². The molecule has 106 valence electrons. The number of carbonyl (C=O) groups excluding carboxylic acids is 1. The van der Waals surface area contributed by atoms with Crippen molar-refractivity contribution < 1.29 is 22.7 Å². The Morgan fingerprint density at radius 3 is 2.21 bits per heavy atom. The van der Waals surface area contributed by atoms with Crippen LogP contribution in [-0.4, -0.2) is 19.0 Å². The first kappa shape index (κ1) is 15.7. The van der Waals surface area contributed by atoms with Gasteiger partial charge in [-0.2, -0.15) is 13.2 Å². The Kier molecular flexibility index (Phi) is 4.40. The number of hydrogen-bond acceptors (Lipinski definition) is 2. The van der Waals surface area contributed by atoms with Gasteiger partial charge in [-0.1, -0.05) is 32.9 Å². The molecule has 0 radical (unpaired) electrons. The molecular formula is C14H17F3O2. The number of hydrogen-bond donors (Lipinski definition) is 0. The monoisotopic (exact) mass is 274 g/mol. The van der Waals surface area contributed by atoms with Crippen LogP contribution < -0.4 is 0 Å². The number of alkyl halides is 3. The Morgan fingerprint density at radius 2 is 1.79 bits per heavy atom. The van der Waals surface area contributed by atoms with Crippen LogP contribution in [0.2, 0.25) is 0 Å². The highest BCUT2D eigenvalue weighted by Crippen LogP contribution is 2.31. The van der Waals surface area contributed by atoms with Crippen molar-refractivity contribution in [2.45, 2.75) is 33.1 Å². The molecule has 0 spiro atoms. The highest BCUT2D eigenvalue weighted by atomic mass is 19.4. The molecule has 0 saturated carbocycles. The summed E-state index contributed by atoms with van der Waals surface area (Å²) in [6, 6.07) is 4.40. The summed E-state index contributed by atoms with van der Waals surface area (Å²) < 4.78 is 42.9. The van der Waals surface area contributed by atoms with E-state index in [-0.39, 0.29) is 5.56 Å². The minimum Gasteiger partial charge on any atom is -0.373 e. The van der Waals surface area contributed by atoms with Gasteiger partial charge in [0, 0.05) is 12.7 Å². The summed E-state index contributed by atoms with van der Waals surface area (Å²) in [5, 5.41) is 0. The van der Waals surface area contributed by atoms with Gasteiger partial charge in [0.2, 0.25) is 0 Å². The Labute approximate surface area is 110 Å². The predicted octanol–water partition coefficient (Wildman–Crippen LogP) is 3.95. The van der Waals surface area contributed by atoms with Crippen LogP contribution >= 0.6 is 0 Å². The third-order valence-electron chi connectivity index (χ3n) is 2.73. The van der Waals surface area contributed by atoms with Crippen molar-refractivity contribution in [3.63, 3.8) is 0 Å². The summed E-state index contributed by atoms with van der Waals surface area (Å²) in [7, 11) is 1.38. The summed E-state index contributed by atoms with van der Waals surface area (Å²) in [5.41, 5.74) is -1.31. The lowest BCUT2D eigenvalue weighted by Crippen LogP contribution is -2.36. The lowest BCUT2D eigenvalue weighted by molar-refractivity contribution is -0.137. The number of benzene rings is 1. The molecule has 1 aromatic carbocycles. The van der Waals surface area contributed by atoms with E-state index in [1.807, 2.05) is 0 Å². The number of rotatable bonds is 3. The smallest absolute Gasteiger partial charge is 0.373 e. The lowest BCUT2D eigenvalue weighted by atomic mass is 9.84. The zero-order valence-corrected chi connectivity index (χ0v) is 11.3. The number of halogens is 3. The fraction of sp³-hybridized carbons (Fsp3) is 0.500. The molecular weight excluding hydrogens is 257 g/mol. The summed E-state index contributed by atoms with van der Waals surface area (Å²) in [4.78, 5) is 12.2. The molecule has 1 unspecified atom stereocenters. The van der Waals surface area contributed by atoms with Crippen LogP contribution in [0.15, 0.2) is 24.3 Å². The molecule has 1 rings (SSSR count). The van der Waals surface area contributed by atoms with E-state index in [1.54, 1.807) is 20.8 Å². The molecule has 0 aromatic heterocycles. The third-order valence-corrected chi connectivity index (χ3v) is 2.73. The van der Waals surface area contributed by atoms with Crippen molar-refractivity contribution in [3.8, 4) is 0 Å². The second-order valence-corrected chi connectivity index (χ2v) is 5.42. The van der Waals surface area contributed by atoms with Crippen LogP contribution in [0.25, 0.3) is 0 Å². The second-order valence-electron chi connectivity index (χ2n) is 5.42. The molecule has 0 heterocycles. The summed E-state index contributed by atoms with van der Waals surface area (Å²) >= 11 is 0. The van der Waals surface area contributed by atoms with Crippen LogP contribution in [0.3, 0.4) is 0 Å². The summed E-state index contributed by atoms with van der Waals surface area (Å²) in [6.07, 6.45) is -5.24. The zero-order valence-electron chi connectivity index (χ0n) is 11.3. The van der Waals surface area contributed by atoms with Crippen LogP contribution in [0.4, 0.5) is 13.2 Å². The van der Waals surface area contributed by atoms with Crippen molar-refractivity contribution in [2.75, 3.05) is 7.11 Å². The molecule has 0 aliphatic carbocycles. The predicted molar refractivity (Wildman–Crippen MR) is 66.0 cm³/mol. The maximum atomic E-state index is 12.6. The van der Waals surface area contributed by atoms with E-state index in [1.165, 1.54) is 19.2 Å². The first-order chi connectivity index (χ1) is 8.57. The van der Waals surface area contributed by atoms with Crippen molar-refractivity contribution in [1.82, 2.24) is 0 Å². The van der Waals surface area contributed by atoms with Gasteiger partial charge in [-0.25, -0.2) is 0 Å². The average Bonchev–Trinajstić information content (AvgIpc) is 2.27. The van der Waals surface area contributed by atoms with Crippen molar-refractivity contribution in [1.29, 1.82) is 0 Å². The lowest BCUT2D eigenvalue weighted by Gasteiger charge is -2.28. The molecule has 0 fully saturated rings. The van der Waals surface area contributed by atoms with Gasteiger partial charge in [-0.3, -0.25) is 4.79 Å². The van der Waals surface area contributed by atoms with Crippen molar-refractivity contribution in [3.05, 3.63) is 35.4 Å². The molecule has 1 aromatic rings. The zero-order chi connectivity index (χ0) is 14.8. The fourth-order valence-corrected chi connectivity index (χ4v) is 1.85. The minimum absolute atomic E-state index is 0.0107. The van der Waals surface area contributed by atoms with Gasteiger partial charge in [0.25, 0.3) is 0 Å². The first-order valence-electron chi connectivity index (χ1n) is 5.81. The van der Waals surface area contributed by atoms with Crippen molar-refractivity contribution >= 4 is 5.78 Å². The molecule has 2 nitrogen and oxygen atoms in total. The van der Waals surface area contributed by atoms with E-state index in [0.29, 0.717) is 0 Å². The standard InChI is InChI=1S/C14H17F3O2/c1-13(2,3)12(19-4)11(18)9-6-5-7-10(8-9)14(15,16)17/h5-8,12H,1-4H3. The Morgan fingerprint density at radius 1 is 1.21 bits per heavy atom. The van der Waals surface area contributed by atoms with E-state index in [2.05, 4.69) is 0 Å². The Bertz CT molecular complexity index is 458. The number of carbonyl (C=O) groups is 1. The number of ketones is 1. The van der Waals surface area contributed by atoms with Crippen LogP contribution in [0.1, 0.15) is 36.7 Å². The Balaban J connectivity index is 3.13. The molecule has 19 heavy (non-hydrogen) atoms. The highest BCUT2D eigenvalue weighted by Gasteiger charge is 2.34. The van der Waals surface area contributed by atoms with E-state index >= 15 is 0 Å². The molecule has 0 amide bonds. The van der Waals surface area contributed by atoms with Crippen LogP contribution in [0, 0.1) is 5.41 Å². The largest absolute Gasteiger partial charge is 0.416 e. The number of ether oxygens (including phenoxy) is 1. The van der Waals surface area contributed by atoms with Gasteiger partial charge in [0.05, 0.1) is 5.56 Å². The minimum atomic E-state index is -4.46. The molecule has 0 saturated heterocycles. The van der Waals surface area contributed by atoms with E-state index < -0.39 is 29.0 Å². The van der Waals surface area contributed by atoms with Crippen LogP contribution in [-0.2, 0) is 10.9 Å². The van der Waals surface area contributed by atoms with E-state index in [0.717, 1.165) is 12.1 Å². The quantitative estimate of drug-likeness (QED) is 0.780. The van der Waals surface area contributed by atoms with Gasteiger partial charge < -0.3 is 4.74 Å². The summed E-state index contributed by atoms with van der Waals surface area (Å²) in [6.45, 7) is 5.39. The summed E-state index contributed by atoms with van der Waals surface area (Å²) in [5.74, 6) is -0.443. The van der Waals surface area contributed by atoms with Gasteiger partial charge in [0.15, 0.2) is 5.78 Å². The molecule has 0 aliphatic heterocycles. The maximum absolute atomic E-state index is 12.6. The fourth-order valence-electron chi connectivity index (χ4n) is 1.85. The first-order valence-corrected chi connectivity index (χ1v) is 5.81. The molecule has 1 atom stereocenters. The molecule has 0 N–H and O–H groups in total. The van der Waals surface area contributed by atoms with Gasteiger partial charge in [-0.05, 0) is 17.5 Å². The van der Waals surface area contributed by atoms with Gasteiger partial charge in [0.1, 0.15) is 6.10 Å². The second kappa shape index (κ2) is 5.33. The van der Waals surface area contributed by atoms with E-state index in [4.69, 9.17) is 4.74 Å². The Hall–Kier alpha value is -1.36. The number of methoxy groups -OCH3 is 1. The average molecular weight is 274 g/mol.